The number of halogens is 2. The molecule has 0 saturated heterocycles. The minimum atomic E-state index is -1.08. The van der Waals surface area contributed by atoms with E-state index in [1.807, 2.05) is 30.3 Å². The van der Waals surface area contributed by atoms with E-state index >= 15 is 0 Å². The van der Waals surface area contributed by atoms with Crippen LogP contribution in [0.2, 0.25) is 0 Å². The van der Waals surface area contributed by atoms with Crippen molar-refractivity contribution in [1.82, 2.24) is 10.4 Å². The molecule has 2 atom stereocenters. The molecule has 0 aromatic heterocycles. The van der Waals surface area contributed by atoms with Gasteiger partial charge in [0.05, 0.1) is 0 Å². The van der Waals surface area contributed by atoms with Crippen LogP contribution in [0, 0.1) is 11.6 Å². The predicted molar refractivity (Wildman–Crippen MR) is 120 cm³/mol. The van der Waals surface area contributed by atoms with Crippen LogP contribution in [0.1, 0.15) is 24.5 Å². The van der Waals surface area contributed by atoms with Crippen molar-refractivity contribution in [1.29, 1.82) is 0 Å². The van der Waals surface area contributed by atoms with Crippen molar-refractivity contribution in [2.45, 2.75) is 24.3 Å². The SMILES string of the molecule is CO[C@@H](C)C(=O)N1N=C(c2cc(F)ccc2F)SC1(CCNN=C(N)N)c1ccccc1. The molecule has 32 heavy (non-hydrogen) atoms. The maximum Gasteiger partial charge on any atom is 0.273 e. The number of amides is 1. The number of carbonyl (C=O) groups is 1. The van der Waals surface area contributed by atoms with Gasteiger partial charge in [-0.15, -0.1) is 5.10 Å². The Morgan fingerprint density at radius 1 is 1.28 bits per heavy atom. The summed E-state index contributed by atoms with van der Waals surface area (Å²) in [5, 5.41) is 9.66. The van der Waals surface area contributed by atoms with E-state index in [4.69, 9.17) is 16.2 Å². The van der Waals surface area contributed by atoms with Crippen LogP contribution in [0.5, 0.6) is 0 Å². The molecule has 3 rings (SSSR count). The number of rotatable bonds is 8. The van der Waals surface area contributed by atoms with Crippen LogP contribution in [0.3, 0.4) is 0 Å². The highest BCUT2D eigenvalue weighted by Crippen LogP contribution is 2.50. The standard InChI is InChI=1S/C21H24F2N6O2S/c1-13(31-2)19(30)29-21(10-11-26-27-20(24)25,14-6-4-3-5-7-14)32-18(28-29)16-12-15(22)8-9-17(16)23/h3-9,12-13,26H,10-11H2,1-2H3,(H4,24,25,27)/t13-,21?/m0/s1. The number of hydrazone groups is 2. The van der Waals surface area contributed by atoms with E-state index in [0.29, 0.717) is 6.42 Å². The van der Waals surface area contributed by atoms with Gasteiger partial charge in [0.25, 0.3) is 5.91 Å². The van der Waals surface area contributed by atoms with E-state index in [1.165, 1.54) is 12.1 Å². The fourth-order valence-electron chi connectivity index (χ4n) is 3.22. The number of methoxy groups -OCH3 is 1. The third kappa shape index (κ3) is 4.83. The highest BCUT2D eigenvalue weighted by atomic mass is 32.2. The van der Waals surface area contributed by atoms with E-state index in [1.54, 1.807) is 6.92 Å². The van der Waals surface area contributed by atoms with Gasteiger partial charge in [-0.05, 0) is 30.7 Å². The second-order valence-corrected chi connectivity index (χ2v) is 8.27. The Morgan fingerprint density at radius 3 is 2.66 bits per heavy atom. The third-order valence-corrected chi connectivity index (χ3v) is 6.32. The van der Waals surface area contributed by atoms with E-state index in [0.717, 1.165) is 35.5 Å². The molecule has 0 fully saturated rings. The Hall–Kier alpha value is -3.18. The molecule has 1 amide bonds. The minimum Gasteiger partial charge on any atom is -0.372 e. The van der Waals surface area contributed by atoms with Gasteiger partial charge >= 0.3 is 0 Å². The largest absolute Gasteiger partial charge is 0.372 e. The number of thioether (sulfide) groups is 1. The fraction of sp³-hybridized carbons (Fsp3) is 0.286. The molecule has 1 aliphatic heterocycles. The number of ether oxygens (including phenoxy) is 1. The number of carbonyl (C=O) groups excluding carboxylic acids is 1. The second kappa shape index (κ2) is 9.96. The number of guanidine groups is 1. The van der Waals surface area contributed by atoms with Crippen molar-refractivity contribution in [2.75, 3.05) is 13.7 Å². The molecule has 1 heterocycles. The molecular formula is C21H24F2N6O2S. The van der Waals surface area contributed by atoms with Gasteiger partial charge in [-0.2, -0.15) is 5.10 Å². The van der Waals surface area contributed by atoms with Crippen molar-refractivity contribution < 1.29 is 18.3 Å². The van der Waals surface area contributed by atoms with Gasteiger partial charge in [0.1, 0.15) is 27.7 Å². The van der Waals surface area contributed by atoms with Crippen LogP contribution in [0.4, 0.5) is 8.78 Å². The molecule has 0 radical (unpaired) electrons. The van der Waals surface area contributed by atoms with Crippen LogP contribution in [0.15, 0.2) is 58.7 Å². The Morgan fingerprint density at radius 2 is 2.00 bits per heavy atom. The first kappa shape index (κ1) is 23.5. The number of benzene rings is 2. The molecule has 8 nitrogen and oxygen atoms in total. The average molecular weight is 463 g/mol. The maximum absolute atomic E-state index is 14.6. The molecule has 0 saturated carbocycles. The number of nitrogens with two attached hydrogens (primary N) is 2. The summed E-state index contributed by atoms with van der Waals surface area (Å²) in [5.41, 5.74) is 14.2. The first-order valence-corrected chi connectivity index (χ1v) is 10.6. The summed E-state index contributed by atoms with van der Waals surface area (Å²) in [4.78, 5) is 12.2. The molecular weight excluding hydrogens is 438 g/mol. The molecule has 0 aliphatic carbocycles. The zero-order valence-corrected chi connectivity index (χ0v) is 18.4. The lowest BCUT2D eigenvalue weighted by Gasteiger charge is -2.36. The summed E-state index contributed by atoms with van der Waals surface area (Å²) < 4.78 is 33.7. The molecule has 2 aromatic carbocycles. The van der Waals surface area contributed by atoms with Crippen molar-refractivity contribution in [3.63, 3.8) is 0 Å². The van der Waals surface area contributed by atoms with Crippen LogP contribution in [-0.4, -0.2) is 41.7 Å². The van der Waals surface area contributed by atoms with E-state index in [9.17, 15) is 13.6 Å². The topological polar surface area (TPSA) is 118 Å². The lowest BCUT2D eigenvalue weighted by atomic mass is 10.0. The van der Waals surface area contributed by atoms with Gasteiger partial charge in [-0.25, -0.2) is 13.8 Å². The normalized spacial score (nSPS) is 18.8. The van der Waals surface area contributed by atoms with Crippen LogP contribution in [-0.2, 0) is 14.4 Å². The highest BCUT2D eigenvalue weighted by molar-refractivity contribution is 8.15. The van der Waals surface area contributed by atoms with Crippen molar-refractivity contribution in [2.24, 2.45) is 21.7 Å². The van der Waals surface area contributed by atoms with Gasteiger partial charge in [-0.1, -0.05) is 42.1 Å². The Bertz CT molecular complexity index is 1030. The number of hydrogen-bond acceptors (Lipinski definition) is 6. The van der Waals surface area contributed by atoms with E-state index in [2.05, 4.69) is 15.6 Å². The summed E-state index contributed by atoms with van der Waals surface area (Å²) in [6.07, 6.45) is -0.519. The molecule has 5 N–H and O–H groups in total. The fourth-order valence-corrected chi connectivity index (χ4v) is 4.60. The third-order valence-electron chi connectivity index (χ3n) is 4.88. The molecule has 0 bridgehead atoms. The Kier molecular flexibility index (Phi) is 7.31. The minimum absolute atomic E-state index is 0.0344. The smallest absolute Gasteiger partial charge is 0.273 e. The van der Waals surface area contributed by atoms with Gasteiger partial charge in [0.2, 0.25) is 5.96 Å². The van der Waals surface area contributed by atoms with Crippen molar-refractivity contribution >= 4 is 28.7 Å². The zero-order valence-electron chi connectivity index (χ0n) is 17.6. The van der Waals surface area contributed by atoms with Crippen LogP contribution >= 0.6 is 11.8 Å². The lowest BCUT2D eigenvalue weighted by Crippen LogP contribution is -2.47. The molecule has 1 unspecified atom stereocenters. The van der Waals surface area contributed by atoms with Crippen LogP contribution < -0.4 is 16.9 Å². The molecule has 1 aliphatic rings. The van der Waals surface area contributed by atoms with E-state index < -0.39 is 28.5 Å². The van der Waals surface area contributed by atoms with E-state index in [-0.39, 0.29) is 23.1 Å². The number of hydrogen-bond donors (Lipinski definition) is 3. The molecule has 170 valence electrons. The van der Waals surface area contributed by atoms with Gasteiger partial charge in [0, 0.05) is 25.6 Å². The maximum atomic E-state index is 14.6. The molecule has 0 spiro atoms. The van der Waals surface area contributed by atoms with Crippen LogP contribution in [0.25, 0.3) is 0 Å². The predicted octanol–water partition coefficient (Wildman–Crippen LogP) is 2.26. The second-order valence-electron chi connectivity index (χ2n) is 7.00. The Balaban J connectivity index is 2.10. The Labute approximate surface area is 188 Å². The number of nitrogens with one attached hydrogen (secondary N) is 1. The number of nitrogens with zero attached hydrogens (tertiary/aromatic N) is 3. The average Bonchev–Trinajstić information content (AvgIpc) is 3.18. The van der Waals surface area contributed by atoms with Gasteiger partial charge in [0.15, 0.2) is 0 Å². The quantitative estimate of drug-likeness (QED) is 0.240. The molecule has 2 aromatic rings. The summed E-state index contributed by atoms with van der Waals surface area (Å²) in [6.45, 7) is 1.86. The summed E-state index contributed by atoms with van der Waals surface area (Å²) >= 11 is 1.15. The van der Waals surface area contributed by atoms with Crippen molar-refractivity contribution in [3.05, 3.63) is 71.3 Å². The molecule has 11 heteroatoms. The zero-order chi connectivity index (χ0) is 23.3. The summed E-state index contributed by atoms with van der Waals surface area (Å²) in [5.74, 6) is -1.83. The van der Waals surface area contributed by atoms with Gasteiger partial charge < -0.3 is 21.6 Å². The summed E-state index contributed by atoms with van der Waals surface area (Å²) in [6, 6.07) is 12.3. The lowest BCUT2D eigenvalue weighted by molar-refractivity contribution is -0.144. The van der Waals surface area contributed by atoms with Gasteiger partial charge in [-0.3, -0.25) is 4.79 Å². The summed E-state index contributed by atoms with van der Waals surface area (Å²) in [7, 11) is 1.41. The highest BCUT2D eigenvalue weighted by Gasteiger charge is 2.49. The first-order valence-electron chi connectivity index (χ1n) is 9.75. The first-order chi connectivity index (χ1) is 15.3. The monoisotopic (exact) mass is 462 g/mol. The van der Waals surface area contributed by atoms with Crippen molar-refractivity contribution in [3.8, 4) is 0 Å².